The molecule has 1 aliphatic rings. The van der Waals surface area contributed by atoms with Crippen LogP contribution in [0.2, 0.25) is 0 Å². The van der Waals surface area contributed by atoms with E-state index in [1.807, 2.05) is 11.0 Å². The van der Waals surface area contributed by atoms with Crippen molar-refractivity contribution in [1.29, 1.82) is 0 Å². The number of carbonyl (C=O) groups excluding carboxylic acids is 1. The summed E-state index contributed by atoms with van der Waals surface area (Å²) in [6, 6.07) is 4.04. The number of nitrogens with zero attached hydrogens (tertiary/aromatic N) is 1. The molecule has 0 aromatic carbocycles. The van der Waals surface area contributed by atoms with E-state index in [1.54, 1.807) is 11.3 Å². The quantitative estimate of drug-likeness (QED) is 0.755. The van der Waals surface area contributed by atoms with Crippen LogP contribution in [0.15, 0.2) is 12.1 Å². The van der Waals surface area contributed by atoms with E-state index in [2.05, 4.69) is 13.0 Å². The third-order valence-corrected chi connectivity index (χ3v) is 4.08. The van der Waals surface area contributed by atoms with Crippen LogP contribution in [0.5, 0.6) is 0 Å². The first kappa shape index (κ1) is 10.7. The molecule has 3 heteroatoms. The summed E-state index contributed by atoms with van der Waals surface area (Å²) >= 11 is 1.64. The maximum atomic E-state index is 12.1. The number of thiophene rings is 1. The highest BCUT2D eigenvalue weighted by atomic mass is 32.1. The number of hydrogen-bond donors (Lipinski definition) is 0. The molecule has 15 heavy (non-hydrogen) atoms. The third-order valence-electron chi connectivity index (χ3n) is 2.86. The Morgan fingerprint density at radius 2 is 2.07 bits per heavy atom. The molecule has 0 spiro atoms. The molecular formula is C12H17NOS. The van der Waals surface area contributed by atoms with Crippen molar-refractivity contribution in [3.63, 3.8) is 0 Å². The lowest BCUT2D eigenvalue weighted by Gasteiger charge is -2.26. The van der Waals surface area contributed by atoms with Gasteiger partial charge in [-0.2, -0.15) is 0 Å². The predicted molar refractivity (Wildman–Crippen MR) is 63.5 cm³/mol. The Labute approximate surface area is 94.9 Å². The average molecular weight is 223 g/mol. The van der Waals surface area contributed by atoms with Crippen LogP contribution in [0, 0.1) is 0 Å². The molecule has 0 saturated carbocycles. The second-order valence-corrected chi connectivity index (χ2v) is 5.14. The van der Waals surface area contributed by atoms with E-state index in [0.717, 1.165) is 37.2 Å². The molecule has 1 fully saturated rings. The maximum Gasteiger partial charge on any atom is 0.263 e. The molecule has 1 aromatic heterocycles. The summed E-state index contributed by atoms with van der Waals surface area (Å²) in [5.41, 5.74) is 0. The largest absolute Gasteiger partial charge is 0.338 e. The van der Waals surface area contributed by atoms with Crippen LogP contribution in [-0.2, 0) is 6.42 Å². The van der Waals surface area contributed by atoms with E-state index in [9.17, 15) is 4.79 Å². The second-order valence-electron chi connectivity index (χ2n) is 3.97. The van der Waals surface area contributed by atoms with E-state index < -0.39 is 0 Å². The van der Waals surface area contributed by atoms with Gasteiger partial charge in [-0.15, -0.1) is 11.3 Å². The van der Waals surface area contributed by atoms with Gasteiger partial charge >= 0.3 is 0 Å². The second kappa shape index (κ2) is 4.79. The fourth-order valence-electron chi connectivity index (χ4n) is 1.94. The van der Waals surface area contributed by atoms with Crippen LogP contribution in [0.25, 0.3) is 0 Å². The lowest BCUT2D eigenvalue weighted by molar-refractivity contribution is 0.0729. The smallest absolute Gasteiger partial charge is 0.263 e. The molecule has 2 heterocycles. The highest BCUT2D eigenvalue weighted by Gasteiger charge is 2.19. The number of aryl methyl sites for hydroxylation is 1. The van der Waals surface area contributed by atoms with Gasteiger partial charge in [-0.3, -0.25) is 4.79 Å². The molecule has 82 valence electrons. The Morgan fingerprint density at radius 3 is 2.67 bits per heavy atom. The Kier molecular flexibility index (Phi) is 3.41. The molecule has 1 saturated heterocycles. The normalized spacial score (nSPS) is 16.7. The van der Waals surface area contributed by atoms with E-state index in [0.29, 0.717) is 0 Å². The van der Waals surface area contributed by atoms with Gasteiger partial charge in [0.05, 0.1) is 4.88 Å². The molecule has 0 unspecified atom stereocenters. The van der Waals surface area contributed by atoms with Crippen LogP contribution in [0.1, 0.15) is 40.7 Å². The van der Waals surface area contributed by atoms with Crippen LogP contribution in [0.4, 0.5) is 0 Å². The van der Waals surface area contributed by atoms with Gasteiger partial charge in [0, 0.05) is 18.0 Å². The minimum Gasteiger partial charge on any atom is -0.338 e. The molecule has 2 nitrogen and oxygen atoms in total. The Hall–Kier alpha value is -0.830. The van der Waals surface area contributed by atoms with Crippen molar-refractivity contribution in [3.05, 3.63) is 21.9 Å². The molecule has 0 N–H and O–H groups in total. The van der Waals surface area contributed by atoms with Crippen LogP contribution < -0.4 is 0 Å². The summed E-state index contributed by atoms with van der Waals surface area (Å²) < 4.78 is 0. The summed E-state index contributed by atoms with van der Waals surface area (Å²) in [5, 5.41) is 0. The molecule has 0 aliphatic carbocycles. The topological polar surface area (TPSA) is 20.3 Å². The molecule has 0 bridgehead atoms. The molecule has 1 aliphatic heterocycles. The SMILES string of the molecule is CCc1ccc(C(=O)N2CCCCC2)s1. The van der Waals surface area contributed by atoms with Crippen LogP contribution in [0.3, 0.4) is 0 Å². The van der Waals surface area contributed by atoms with Crippen molar-refractivity contribution in [2.75, 3.05) is 13.1 Å². The van der Waals surface area contributed by atoms with Gasteiger partial charge in [0.2, 0.25) is 0 Å². The predicted octanol–water partition coefficient (Wildman–Crippen LogP) is 2.94. The summed E-state index contributed by atoms with van der Waals surface area (Å²) in [6.07, 6.45) is 4.63. The van der Waals surface area contributed by atoms with Gasteiger partial charge in [-0.05, 0) is 37.8 Å². The summed E-state index contributed by atoms with van der Waals surface area (Å²) in [5.74, 6) is 0.236. The van der Waals surface area contributed by atoms with Crippen molar-refractivity contribution < 1.29 is 4.79 Å². The number of amides is 1. The van der Waals surface area contributed by atoms with Crippen molar-refractivity contribution in [2.24, 2.45) is 0 Å². The zero-order valence-corrected chi connectivity index (χ0v) is 9.98. The van der Waals surface area contributed by atoms with Gasteiger partial charge < -0.3 is 4.90 Å². The highest BCUT2D eigenvalue weighted by Crippen LogP contribution is 2.20. The fraction of sp³-hybridized carbons (Fsp3) is 0.583. The van der Waals surface area contributed by atoms with E-state index in [-0.39, 0.29) is 5.91 Å². The number of piperidine rings is 1. The highest BCUT2D eigenvalue weighted by molar-refractivity contribution is 7.14. The van der Waals surface area contributed by atoms with Crippen LogP contribution in [-0.4, -0.2) is 23.9 Å². The first-order valence-corrected chi connectivity index (χ1v) is 6.51. The Bertz CT molecular complexity index is 339. The first-order chi connectivity index (χ1) is 7.31. The zero-order chi connectivity index (χ0) is 10.7. The summed E-state index contributed by atoms with van der Waals surface area (Å²) in [6.45, 7) is 4.01. The van der Waals surface area contributed by atoms with E-state index >= 15 is 0 Å². The Balaban J connectivity index is 2.05. The lowest BCUT2D eigenvalue weighted by Crippen LogP contribution is -2.35. The fourth-order valence-corrected chi connectivity index (χ4v) is 2.85. The van der Waals surface area contributed by atoms with Crippen molar-refractivity contribution in [1.82, 2.24) is 4.90 Å². The van der Waals surface area contributed by atoms with Crippen molar-refractivity contribution in [2.45, 2.75) is 32.6 Å². The first-order valence-electron chi connectivity index (χ1n) is 5.69. The molecule has 0 radical (unpaired) electrons. The number of hydrogen-bond acceptors (Lipinski definition) is 2. The molecular weight excluding hydrogens is 206 g/mol. The Morgan fingerprint density at radius 1 is 1.33 bits per heavy atom. The molecule has 0 atom stereocenters. The van der Waals surface area contributed by atoms with Gasteiger partial charge in [0.1, 0.15) is 0 Å². The molecule has 2 rings (SSSR count). The lowest BCUT2D eigenvalue weighted by atomic mass is 10.1. The minimum atomic E-state index is 0.236. The minimum absolute atomic E-state index is 0.236. The van der Waals surface area contributed by atoms with Gasteiger partial charge in [0.15, 0.2) is 0 Å². The van der Waals surface area contributed by atoms with E-state index in [4.69, 9.17) is 0 Å². The zero-order valence-electron chi connectivity index (χ0n) is 9.16. The monoisotopic (exact) mass is 223 g/mol. The number of carbonyl (C=O) groups is 1. The third kappa shape index (κ3) is 2.40. The van der Waals surface area contributed by atoms with Crippen molar-refractivity contribution in [3.8, 4) is 0 Å². The van der Waals surface area contributed by atoms with Gasteiger partial charge in [-0.1, -0.05) is 6.92 Å². The van der Waals surface area contributed by atoms with Gasteiger partial charge in [0.25, 0.3) is 5.91 Å². The molecule has 1 amide bonds. The average Bonchev–Trinajstić information content (AvgIpc) is 2.78. The van der Waals surface area contributed by atoms with E-state index in [1.165, 1.54) is 11.3 Å². The summed E-state index contributed by atoms with van der Waals surface area (Å²) in [4.78, 5) is 16.3. The standard InChI is InChI=1S/C12H17NOS/c1-2-10-6-7-11(15-10)12(14)13-8-4-3-5-9-13/h6-7H,2-5,8-9H2,1H3. The van der Waals surface area contributed by atoms with Crippen molar-refractivity contribution >= 4 is 17.2 Å². The van der Waals surface area contributed by atoms with Gasteiger partial charge in [-0.25, -0.2) is 0 Å². The molecule has 1 aromatic rings. The maximum absolute atomic E-state index is 12.1. The van der Waals surface area contributed by atoms with Crippen LogP contribution >= 0.6 is 11.3 Å². The number of rotatable bonds is 2. The summed E-state index contributed by atoms with van der Waals surface area (Å²) in [7, 11) is 0. The number of likely N-dealkylation sites (tertiary alicyclic amines) is 1.